The monoisotopic (exact) mass is 283 g/mol. The van der Waals surface area contributed by atoms with Crippen LogP contribution in [0, 0.1) is 0 Å². The van der Waals surface area contributed by atoms with Crippen LogP contribution < -0.4 is 15.2 Å². The van der Waals surface area contributed by atoms with E-state index in [0.717, 1.165) is 17.3 Å². The zero-order valence-electron chi connectivity index (χ0n) is 10.5. The minimum atomic E-state index is -0.952. The molecule has 0 saturated carbocycles. The molecule has 0 amide bonds. The van der Waals surface area contributed by atoms with E-state index in [1.807, 2.05) is 24.3 Å². The summed E-state index contributed by atoms with van der Waals surface area (Å²) in [6, 6.07) is 6.79. The second kappa shape index (κ2) is 6.68. The second-order valence-corrected chi connectivity index (χ2v) is 5.46. The van der Waals surface area contributed by atoms with Crippen LogP contribution in [-0.4, -0.2) is 41.3 Å². The Morgan fingerprint density at radius 1 is 1.47 bits per heavy atom. The van der Waals surface area contributed by atoms with Gasteiger partial charge in [0.15, 0.2) is 11.5 Å². The Bertz CT molecular complexity index is 440. The molecule has 1 aromatic rings. The summed E-state index contributed by atoms with van der Waals surface area (Å²) in [4.78, 5) is 10.6. The topological polar surface area (TPSA) is 81.8 Å². The quantitative estimate of drug-likeness (QED) is 0.767. The van der Waals surface area contributed by atoms with E-state index in [9.17, 15) is 4.79 Å². The predicted octanol–water partition coefficient (Wildman–Crippen LogP) is 1.36. The first-order chi connectivity index (χ1) is 9.16. The number of hydrogen-bond acceptors (Lipinski definition) is 5. The lowest BCUT2D eigenvalue weighted by molar-refractivity contribution is -0.138. The predicted molar refractivity (Wildman–Crippen MR) is 73.9 cm³/mol. The van der Waals surface area contributed by atoms with Crippen molar-refractivity contribution in [1.29, 1.82) is 0 Å². The normalized spacial score (nSPS) is 18.9. The van der Waals surface area contributed by atoms with Crippen LogP contribution >= 0.6 is 11.8 Å². The van der Waals surface area contributed by atoms with E-state index in [1.165, 1.54) is 0 Å². The Morgan fingerprint density at radius 3 is 2.95 bits per heavy atom. The van der Waals surface area contributed by atoms with Crippen molar-refractivity contribution in [2.24, 2.45) is 5.73 Å². The fraction of sp³-hybridized carbons (Fsp3) is 0.462. The molecular weight excluding hydrogens is 266 g/mol. The van der Waals surface area contributed by atoms with Gasteiger partial charge in [0, 0.05) is 5.75 Å². The van der Waals surface area contributed by atoms with Crippen molar-refractivity contribution >= 4 is 17.7 Å². The molecule has 1 aliphatic heterocycles. The van der Waals surface area contributed by atoms with Gasteiger partial charge in [-0.25, -0.2) is 0 Å². The Labute approximate surface area is 116 Å². The van der Waals surface area contributed by atoms with Crippen molar-refractivity contribution in [3.8, 4) is 11.5 Å². The fourth-order valence-electron chi connectivity index (χ4n) is 1.69. The third kappa shape index (κ3) is 4.04. The lowest BCUT2D eigenvalue weighted by atomic mass is 10.2. The molecule has 0 spiro atoms. The van der Waals surface area contributed by atoms with Gasteiger partial charge in [0.1, 0.15) is 18.8 Å². The van der Waals surface area contributed by atoms with Crippen LogP contribution in [0.3, 0.4) is 0 Å². The van der Waals surface area contributed by atoms with Gasteiger partial charge in [-0.1, -0.05) is 12.1 Å². The number of rotatable bonds is 6. The van der Waals surface area contributed by atoms with Crippen molar-refractivity contribution in [2.75, 3.05) is 18.1 Å². The maximum atomic E-state index is 10.6. The third-order valence-corrected chi connectivity index (χ3v) is 3.89. The second-order valence-electron chi connectivity index (χ2n) is 4.31. The van der Waals surface area contributed by atoms with E-state index in [0.29, 0.717) is 18.8 Å². The molecule has 1 aromatic carbocycles. The van der Waals surface area contributed by atoms with E-state index in [2.05, 4.69) is 0 Å². The van der Waals surface area contributed by atoms with Gasteiger partial charge in [0.2, 0.25) is 0 Å². The molecule has 6 heteroatoms. The number of nitrogens with two attached hydrogens (primary N) is 1. The number of aliphatic carboxylic acids is 1. The average molecular weight is 283 g/mol. The molecule has 0 fully saturated rings. The first-order valence-corrected chi connectivity index (χ1v) is 7.27. The van der Waals surface area contributed by atoms with Crippen LogP contribution in [0.25, 0.3) is 0 Å². The van der Waals surface area contributed by atoms with E-state index in [1.54, 1.807) is 11.8 Å². The summed E-state index contributed by atoms with van der Waals surface area (Å²) in [5.74, 6) is 2.06. The Kier molecular flexibility index (Phi) is 4.93. The highest BCUT2D eigenvalue weighted by Crippen LogP contribution is 2.31. The van der Waals surface area contributed by atoms with Crippen LogP contribution in [0.4, 0.5) is 0 Å². The summed E-state index contributed by atoms with van der Waals surface area (Å²) < 4.78 is 11.4. The number of carboxylic acid groups (broad SMARTS) is 1. The van der Waals surface area contributed by atoms with E-state index < -0.39 is 12.0 Å². The van der Waals surface area contributed by atoms with Crippen molar-refractivity contribution in [2.45, 2.75) is 18.6 Å². The molecule has 0 aromatic heterocycles. The van der Waals surface area contributed by atoms with Gasteiger partial charge in [0.25, 0.3) is 0 Å². The number of carbonyl (C=O) groups is 1. The summed E-state index contributed by atoms with van der Waals surface area (Å²) >= 11 is 1.63. The average Bonchev–Trinajstić information content (AvgIpc) is 2.43. The summed E-state index contributed by atoms with van der Waals surface area (Å²) in [5, 5.41) is 8.66. The molecule has 3 N–H and O–H groups in total. The number of benzene rings is 1. The molecular formula is C13H17NO4S. The van der Waals surface area contributed by atoms with Gasteiger partial charge in [-0.2, -0.15) is 11.8 Å². The van der Waals surface area contributed by atoms with Crippen molar-refractivity contribution in [3.63, 3.8) is 0 Å². The number of thioether (sulfide) groups is 1. The minimum absolute atomic E-state index is 0.000882. The molecule has 1 heterocycles. The number of hydrogen-bond donors (Lipinski definition) is 2. The molecule has 0 radical (unpaired) electrons. The van der Waals surface area contributed by atoms with Crippen LogP contribution in [0.15, 0.2) is 24.3 Å². The van der Waals surface area contributed by atoms with E-state index >= 15 is 0 Å². The molecule has 0 bridgehead atoms. The van der Waals surface area contributed by atoms with Crippen LogP contribution in [0.2, 0.25) is 0 Å². The lowest BCUT2D eigenvalue weighted by Crippen LogP contribution is -2.32. The van der Waals surface area contributed by atoms with Crippen LogP contribution in [-0.2, 0) is 4.79 Å². The van der Waals surface area contributed by atoms with Gasteiger partial charge in [-0.05, 0) is 24.3 Å². The number of para-hydroxylation sites is 2. The zero-order valence-corrected chi connectivity index (χ0v) is 11.3. The van der Waals surface area contributed by atoms with Crippen molar-refractivity contribution < 1.29 is 19.4 Å². The van der Waals surface area contributed by atoms with E-state index in [-0.39, 0.29) is 6.10 Å². The van der Waals surface area contributed by atoms with Crippen molar-refractivity contribution in [3.05, 3.63) is 24.3 Å². The number of fused-ring (bicyclic) bond motifs is 1. The Morgan fingerprint density at radius 2 is 2.21 bits per heavy atom. The minimum Gasteiger partial charge on any atom is -0.486 e. The first kappa shape index (κ1) is 14.0. The molecule has 19 heavy (non-hydrogen) atoms. The molecule has 5 nitrogen and oxygen atoms in total. The van der Waals surface area contributed by atoms with Gasteiger partial charge in [-0.15, -0.1) is 0 Å². The summed E-state index contributed by atoms with van der Waals surface area (Å²) in [5.41, 5.74) is 5.43. The molecule has 2 unspecified atom stereocenters. The maximum Gasteiger partial charge on any atom is 0.320 e. The largest absolute Gasteiger partial charge is 0.486 e. The Balaban J connectivity index is 1.70. The molecule has 2 atom stereocenters. The highest BCUT2D eigenvalue weighted by Gasteiger charge is 2.20. The van der Waals surface area contributed by atoms with Crippen LogP contribution in [0.5, 0.6) is 11.5 Å². The number of ether oxygens (including phenoxy) is 2. The molecule has 2 rings (SSSR count). The van der Waals surface area contributed by atoms with Gasteiger partial charge >= 0.3 is 5.97 Å². The molecule has 104 valence electrons. The van der Waals surface area contributed by atoms with Gasteiger partial charge in [-0.3, -0.25) is 4.79 Å². The summed E-state index contributed by atoms with van der Waals surface area (Å²) in [7, 11) is 0. The molecule has 1 aliphatic rings. The lowest BCUT2D eigenvalue weighted by Gasteiger charge is -2.26. The smallest absolute Gasteiger partial charge is 0.320 e. The maximum absolute atomic E-state index is 10.6. The zero-order chi connectivity index (χ0) is 13.7. The highest BCUT2D eigenvalue weighted by molar-refractivity contribution is 7.99. The third-order valence-electron chi connectivity index (χ3n) is 2.76. The standard InChI is InChI=1S/C13H17NO4S/c14-10(13(15)16)5-6-19-8-9-7-17-11-3-1-2-4-12(11)18-9/h1-4,9-10H,5-8,14H2,(H,15,16). The molecule has 0 aliphatic carbocycles. The van der Waals surface area contributed by atoms with Gasteiger partial charge < -0.3 is 20.3 Å². The fourth-order valence-corrected chi connectivity index (χ4v) is 2.71. The van der Waals surface area contributed by atoms with Gasteiger partial charge in [0.05, 0.1) is 0 Å². The molecule has 0 saturated heterocycles. The summed E-state index contributed by atoms with van der Waals surface area (Å²) in [6.07, 6.45) is 0.463. The first-order valence-electron chi connectivity index (χ1n) is 6.11. The van der Waals surface area contributed by atoms with Crippen LogP contribution in [0.1, 0.15) is 6.42 Å². The van der Waals surface area contributed by atoms with Crippen molar-refractivity contribution in [1.82, 2.24) is 0 Å². The SMILES string of the molecule is NC(CCSCC1COc2ccccc2O1)C(=O)O. The van der Waals surface area contributed by atoms with E-state index in [4.69, 9.17) is 20.3 Å². The number of carboxylic acids is 1. The highest BCUT2D eigenvalue weighted by atomic mass is 32.2. The Hall–Kier alpha value is -1.40. The summed E-state index contributed by atoms with van der Waals surface area (Å²) in [6.45, 7) is 0.523.